The number of rotatable bonds is 6. The van der Waals surface area contributed by atoms with Crippen LogP contribution in [0.3, 0.4) is 0 Å². The van der Waals surface area contributed by atoms with Crippen LogP contribution in [0.4, 0.5) is 0 Å². The fraction of sp³-hybridized carbons (Fsp3) is 0.478. The molecule has 0 spiro atoms. The van der Waals surface area contributed by atoms with Crippen molar-refractivity contribution < 1.29 is 19.1 Å². The predicted molar refractivity (Wildman–Crippen MR) is 109 cm³/mol. The second-order valence-corrected chi connectivity index (χ2v) is 7.60. The Hall–Kier alpha value is -2.36. The molecule has 1 aliphatic rings. The van der Waals surface area contributed by atoms with Gasteiger partial charge in [0.25, 0.3) is 0 Å². The van der Waals surface area contributed by atoms with Crippen LogP contribution >= 0.6 is 0 Å². The molecule has 0 fully saturated rings. The van der Waals surface area contributed by atoms with Crippen LogP contribution in [0.15, 0.2) is 58.2 Å². The van der Waals surface area contributed by atoms with Gasteiger partial charge in [-0.3, -0.25) is 0 Å². The number of carbonyl (C=O) groups is 2. The Morgan fingerprint density at radius 3 is 2.30 bits per heavy atom. The Labute approximate surface area is 163 Å². The van der Waals surface area contributed by atoms with Crippen LogP contribution in [-0.2, 0) is 19.1 Å². The Morgan fingerprint density at radius 2 is 1.74 bits per heavy atom. The van der Waals surface area contributed by atoms with Crippen molar-refractivity contribution in [2.45, 2.75) is 53.9 Å². The number of hydrogen-bond donors (Lipinski definition) is 0. The van der Waals surface area contributed by atoms with E-state index in [1.54, 1.807) is 13.0 Å². The second kappa shape index (κ2) is 10.1. The van der Waals surface area contributed by atoms with E-state index in [1.807, 2.05) is 13.0 Å². The highest BCUT2D eigenvalue weighted by molar-refractivity contribution is 5.96. The molecule has 0 unspecified atom stereocenters. The molecule has 0 N–H and O–H groups in total. The van der Waals surface area contributed by atoms with Gasteiger partial charge >= 0.3 is 11.9 Å². The molecule has 0 bridgehead atoms. The van der Waals surface area contributed by atoms with Crippen molar-refractivity contribution in [2.75, 3.05) is 14.2 Å². The molecule has 4 heteroatoms. The molecular weight excluding hydrogens is 340 g/mol. The van der Waals surface area contributed by atoms with Crippen LogP contribution in [0.2, 0.25) is 0 Å². The van der Waals surface area contributed by atoms with Crippen LogP contribution in [-0.4, -0.2) is 26.2 Å². The molecule has 4 nitrogen and oxygen atoms in total. The molecule has 0 aromatic rings. The number of hydrogen-bond acceptors (Lipinski definition) is 4. The summed E-state index contributed by atoms with van der Waals surface area (Å²) in [5, 5.41) is 0. The SMILES string of the molecule is COC(=O)/C=C(C)/C(=C\C=C(C)\C=C\C1=C(C)CCCC1(C)C)C(=O)OC. The normalized spacial score (nSPS) is 18.7. The van der Waals surface area contributed by atoms with Crippen LogP contribution in [0.25, 0.3) is 0 Å². The van der Waals surface area contributed by atoms with Crippen molar-refractivity contribution in [3.63, 3.8) is 0 Å². The van der Waals surface area contributed by atoms with Crippen molar-refractivity contribution in [2.24, 2.45) is 5.41 Å². The van der Waals surface area contributed by atoms with Gasteiger partial charge in [0.1, 0.15) is 0 Å². The Bertz CT molecular complexity index is 727. The van der Waals surface area contributed by atoms with Gasteiger partial charge in [0.2, 0.25) is 0 Å². The van der Waals surface area contributed by atoms with Gasteiger partial charge < -0.3 is 9.47 Å². The lowest BCUT2D eigenvalue weighted by Crippen LogP contribution is -2.19. The highest BCUT2D eigenvalue weighted by Crippen LogP contribution is 2.40. The zero-order valence-electron chi connectivity index (χ0n) is 17.6. The zero-order chi connectivity index (χ0) is 20.6. The molecule has 0 saturated heterocycles. The fourth-order valence-corrected chi connectivity index (χ4v) is 3.28. The van der Waals surface area contributed by atoms with E-state index >= 15 is 0 Å². The van der Waals surface area contributed by atoms with Gasteiger partial charge in [-0.25, -0.2) is 9.59 Å². The fourth-order valence-electron chi connectivity index (χ4n) is 3.28. The molecule has 27 heavy (non-hydrogen) atoms. The van der Waals surface area contributed by atoms with E-state index in [4.69, 9.17) is 4.74 Å². The van der Waals surface area contributed by atoms with Crippen molar-refractivity contribution in [1.29, 1.82) is 0 Å². The minimum atomic E-state index is -0.509. The second-order valence-electron chi connectivity index (χ2n) is 7.60. The molecule has 0 aromatic heterocycles. The monoisotopic (exact) mass is 372 g/mol. The summed E-state index contributed by atoms with van der Waals surface area (Å²) in [6, 6.07) is 0. The zero-order valence-corrected chi connectivity index (χ0v) is 17.6. The topological polar surface area (TPSA) is 52.6 Å². The van der Waals surface area contributed by atoms with Crippen molar-refractivity contribution in [3.05, 3.63) is 58.2 Å². The van der Waals surface area contributed by atoms with Gasteiger partial charge in [-0.05, 0) is 62.7 Å². The first kappa shape index (κ1) is 22.7. The number of esters is 2. The standard InChI is InChI=1S/C23H32O4/c1-16(11-13-20-17(2)9-8-14-23(20,4)5)10-12-19(22(25)27-7)18(3)15-21(24)26-6/h10-13,15H,8-9,14H2,1-7H3/b13-11+,16-10+,18-15+,19-12+. The summed E-state index contributed by atoms with van der Waals surface area (Å²) in [5.41, 5.74) is 4.84. The van der Waals surface area contributed by atoms with Gasteiger partial charge in [0.15, 0.2) is 0 Å². The maximum Gasteiger partial charge on any atom is 0.338 e. The largest absolute Gasteiger partial charge is 0.466 e. The van der Waals surface area contributed by atoms with Crippen LogP contribution in [0, 0.1) is 5.41 Å². The van der Waals surface area contributed by atoms with E-state index in [0.29, 0.717) is 11.1 Å². The first-order valence-corrected chi connectivity index (χ1v) is 9.24. The highest BCUT2D eigenvalue weighted by Gasteiger charge is 2.26. The average Bonchev–Trinajstić information content (AvgIpc) is 2.60. The molecule has 0 aromatic carbocycles. The lowest BCUT2D eigenvalue weighted by molar-refractivity contribution is -0.135. The molecule has 0 radical (unpaired) electrons. The Kier molecular flexibility index (Phi) is 8.48. The summed E-state index contributed by atoms with van der Waals surface area (Å²) < 4.78 is 9.44. The van der Waals surface area contributed by atoms with Crippen molar-refractivity contribution in [3.8, 4) is 0 Å². The Morgan fingerprint density at radius 1 is 1.07 bits per heavy atom. The first-order valence-electron chi connectivity index (χ1n) is 9.24. The van der Waals surface area contributed by atoms with Crippen LogP contribution in [0.5, 0.6) is 0 Å². The minimum Gasteiger partial charge on any atom is -0.466 e. The van der Waals surface area contributed by atoms with Crippen molar-refractivity contribution in [1.82, 2.24) is 0 Å². The number of carbonyl (C=O) groups excluding carboxylic acids is 2. The summed E-state index contributed by atoms with van der Waals surface area (Å²) >= 11 is 0. The maximum absolute atomic E-state index is 12.0. The van der Waals surface area contributed by atoms with Gasteiger partial charge in [-0.15, -0.1) is 0 Å². The number of allylic oxidation sites excluding steroid dienone is 7. The van der Waals surface area contributed by atoms with Crippen LogP contribution < -0.4 is 0 Å². The summed E-state index contributed by atoms with van der Waals surface area (Å²) in [7, 11) is 2.62. The molecule has 0 amide bonds. The van der Waals surface area contributed by atoms with Gasteiger partial charge in [-0.2, -0.15) is 0 Å². The van der Waals surface area contributed by atoms with Gasteiger partial charge in [0, 0.05) is 6.08 Å². The summed E-state index contributed by atoms with van der Waals surface area (Å²) in [6.07, 6.45) is 12.6. The van der Waals surface area contributed by atoms with Gasteiger partial charge in [0.05, 0.1) is 19.8 Å². The number of methoxy groups -OCH3 is 2. The van der Waals surface area contributed by atoms with E-state index in [2.05, 4.69) is 37.7 Å². The lowest BCUT2D eigenvalue weighted by Gasteiger charge is -2.32. The average molecular weight is 373 g/mol. The maximum atomic E-state index is 12.0. The van der Waals surface area contributed by atoms with Crippen molar-refractivity contribution >= 4 is 11.9 Å². The molecule has 148 valence electrons. The highest BCUT2D eigenvalue weighted by atomic mass is 16.5. The first-order chi connectivity index (χ1) is 12.6. The third-order valence-electron chi connectivity index (χ3n) is 4.93. The van der Waals surface area contributed by atoms with E-state index in [-0.39, 0.29) is 5.41 Å². The molecule has 0 saturated carbocycles. The third kappa shape index (κ3) is 6.70. The molecular formula is C23H32O4. The lowest BCUT2D eigenvalue weighted by atomic mass is 9.72. The van der Waals surface area contributed by atoms with Gasteiger partial charge in [-0.1, -0.05) is 43.2 Å². The molecule has 0 heterocycles. The predicted octanol–water partition coefficient (Wildman–Crippen LogP) is 5.23. The Balaban J connectivity index is 3.12. The van der Waals surface area contributed by atoms with E-state index < -0.39 is 11.9 Å². The number of ether oxygens (including phenoxy) is 2. The summed E-state index contributed by atoms with van der Waals surface area (Å²) in [6.45, 7) is 10.4. The third-order valence-corrected chi connectivity index (χ3v) is 4.93. The van der Waals surface area contributed by atoms with E-state index in [0.717, 1.165) is 12.0 Å². The van der Waals surface area contributed by atoms with E-state index in [1.165, 1.54) is 44.3 Å². The summed E-state index contributed by atoms with van der Waals surface area (Å²) in [5.74, 6) is -1.00. The smallest absolute Gasteiger partial charge is 0.338 e. The van der Waals surface area contributed by atoms with E-state index in [9.17, 15) is 9.59 Å². The summed E-state index contributed by atoms with van der Waals surface area (Å²) in [4.78, 5) is 23.5. The van der Waals surface area contributed by atoms with Crippen LogP contribution in [0.1, 0.15) is 53.9 Å². The molecule has 0 aliphatic heterocycles. The minimum absolute atomic E-state index is 0.186. The molecule has 1 aliphatic carbocycles. The quantitative estimate of drug-likeness (QED) is 0.364. The molecule has 0 atom stereocenters. The molecule has 1 rings (SSSR count).